The molecule has 0 spiro atoms. The van der Waals surface area contributed by atoms with Crippen molar-refractivity contribution in [2.24, 2.45) is 5.92 Å². The van der Waals surface area contributed by atoms with Crippen molar-refractivity contribution in [1.82, 2.24) is 10.2 Å². The normalized spacial score (nSPS) is 25.7. The molecule has 2 aliphatic rings. The smallest absolute Gasteiger partial charge is 0.220 e. The Morgan fingerprint density at radius 3 is 3.12 bits per heavy atom. The predicted octanol–water partition coefficient (Wildman–Crippen LogP) is 1.94. The summed E-state index contributed by atoms with van der Waals surface area (Å²) in [5.41, 5.74) is 1.62. The largest absolute Gasteiger partial charge is 0.359 e. The molecule has 3 nitrogen and oxygen atoms in total. The average Bonchev–Trinajstić information content (AvgIpc) is 2.77. The molecule has 0 aromatic rings. The molecule has 0 aromatic heterocycles. The van der Waals surface area contributed by atoms with E-state index >= 15 is 0 Å². The molecule has 96 valence electrons. The Bertz CT molecular complexity index is 299. The number of likely N-dealkylation sites (tertiary alicyclic amines) is 1. The highest BCUT2D eigenvalue weighted by Crippen LogP contribution is 2.23. The van der Waals surface area contributed by atoms with Gasteiger partial charge < -0.3 is 5.32 Å². The molecule has 0 bridgehead atoms. The van der Waals surface area contributed by atoms with Crippen LogP contribution in [0.1, 0.15) is 38.5 Å². The van der Waals surface area contributed by atoms with Crippen molar-refractivity contribution in [3.8, 4) is 0 Å². The minimum atomic E-state index is 0.189. The summed E-state index contributed by atoms with van der Waals surface area (Å²) >= 11 is 0. The van der Waals surface area contributed by atoms with Crippen molar-refractivity contribution < 1.29 is 4.79 Å². The second-order valence-corrected chi connectivity index (χ2v) is 5.38. The molecule has 2 rings (SSSR count). The van der Waals surface area contributed by atoms with Gasteiger partial charge in [-0.2, -0.15) is 0 Å². The molecule has 3 heteroatoms. The molecular weight excluding hydrogens is 212 g/mol. The van der Waals surface area contributed by atoms with Crippen molar-refractivity contribution in [3.63, 3.8) is 0 Å². The number of amides is 1. The molecule has 0 saturated carbocycles. The summed E-state index contributed by atoms with van der Waals surface area (Å²) in [5, 5.41) is 2.72. The Hall–Kier alpha value is -0.830. The predicted molar refractivity (Wildman–Crippen MR) is 69.8 cm³/mol. The second-order valence-electron chi connectivity index (χ2n) is 5.38. The first-order valence-electron chi connectivity index (χ1n) is 6.89. The summed E-state index contributed by atoms with van der Waals surface area (Å²) in [4.78, 5) is 13.8. The molecule has 17 heavy (non-hydrogen) atoms. The van der Waals surface area contributed by atoms with E-state index in [0.29, 0.717) is 12.3 Å². The zero-order chi connectivity index (χ0) is 12.1. The van der Waals surface area contributed by atoms with E-state index in [1.54, 1.807) is 12.6 Å². The lowest BCUT2D eigenvalue weighted by Crippen LogP contribution is -2.26. The Labute approximate surface area is 104 Å². The topological polar surface area (TPSA) is 32.3 Å². The molecule has 0 radical (unpaired) electrons. The third-order valence-corrected chi connectivity index (χ3v) is 3.93. The quantitative estimate of drug-likeness (QED) is 0.757. The maximum Gasteiger partial charge on any atom is 0.220 e. The number of rotatable bonds is 4. The SMILES string of the molecule is CNC(=O)C[C@@H]1CCN(CC2=CCCCC2)C1. The molecule has 1 amide bonds. The third-order valence-electron chi connectivity index (χ3n) is 3.93. The molecule has 1 N–H and O–H groups in total. The molecule has 1 saturated heterocycles. The molecule has 1 aliphatic heterocycles. The van der Waals surface area contributed by atoms with Gasteiger partial charge in [-0.1, -0.05) is 11.6 Å². The highest BCUT2D eigenvalue weighted by atomic mass is 16.1. The summed E-state index contributed by atoms with van der Waals surface area (Å²) in [7, 11) is 1.72. The maximum atomic E-state index is 11.3. The first-order chi connectivity index (χ1) is 8.28. The van der Waals surface area contributed by atoms with Gasteiger partial charge in [-0.3, -0.25) is 9.69 Å². The van der Waals surface area contributed by atoms with E-state index in [1.165, 1.54) is 38.6 Å². The van der Waals surface area contributed by atoms with Crippen molar-refractivity contribution in [1.29, 1.82) is 0 Å². The van der Waals surface area contributed by atoms with E-state index in [-0.39, 0.29) is 5.91 Å². The minimum Gasteiger partial charge on any atom is -0.359 e. The van der Waals surface area contributed by atoms with Gasteiger partial charge in [0.1, 0.15) is 0 Å². The van der Waals surface area contributed by atoms with Gasteiger partial charge in [0.2, 0.25) is 5.91 Å². The summed E-state index contributed by atoms with van der Waals surface area (Å²) in [6, 6.07) is 0. The van der Waals surface area contributed by atoms with Crippen LogP contribution in [0.15, 0.2) is 11.6 Å². The van der Waals surface area contributed by atoms with Crippen LogP contribution in [0.3, 0.4) is 0 Å². The van der Waals surface area contributed by atoms with Crippen molar-refractivity contribution in [2.75, 3.05) is 26.7 Å². The van der Waals surface area contributed by atoms with Crippen molar-refractivity contribution in [3.05, 3.63) is 11.6 Å². The van der Waals surface area contributed by atoms with Crippen LogP contribution in [0.2, 0.25) is 0 Å². The van der Waals surface area contributed by atoms with Crippen LogP contribution in [0, 0.1) is 5.92 Å². The first kappa shape index (κ1) is 12.6. The maximum absolute atomic E-state index is 11.3. The second kappa shape index (κ2) is 6.20. The van der Waals surface area contributed by atoms with Gasteiger partial charge in [0, 0.05) is 26.6 Å². The van der Waals surface area contributed by atoms with Crippen LogP contribution in [0.25, 0.3) is 0 Å². The Balaban J connectivity index is 1.74. The molecular formula is C14H24N2O. The Kier molecular flexibility index (Phi) is 4.60. The van der Waals surface area contributed by atoms with Crippen molar-refractivity contribution >= 4 is 5.91 Å². The van der Waals surface area contributed by atoms with E-state index in [1.807, 2.05) is 0 Å². The summed E-state index contributed by atoms with van der Waals surface area (Å²) in [6.07, 6.45) is 9.59. The van der Waals surface area contributed by atoms with Crippen LogP contribution in [-0.2, 0) is 4.79 Å². The highest BCUT2D eigenvalue weighted by Gasteiger charge is 2.24. The van der Waals surface area contributed by atoms with Gasteiger partial charge in [0.15, 0.2) is 0 Å². The number of hydrogen-bond acceptors (Lipinski definition) is 2. The first-order valence-corrected chi connectivity index (χ1v) is 6.89. The van der Waals surface area contributed by atoms with Gasteiger partial charge in [0.05, 0.1) is 0 Å². The molecule has 0 aromatic carbocycles. The number of allylic oxidation sites excluding steroid dienone is 1. The molecule has 1 aliphatic carbocycles. The highest BCUT2D eigenvalue weighted by molar-refractivity contribution is 5.75. The molecule has 1 fully saturated rings. The van der Waals surface area contributed by atoms with Crippen LogP contribution in [0.5, 0.6) is 0 Å². The van der Waals surface area contributed by atoms with Gasteiger partial charge in [-0.15, -0.1) is 0 Å². The summed E-state index contributed by atoms with van der Waals surface area (Å²) < 4.78 is 0. The lowest BCUT2D eigenvalue weighted by Gasteiger charge is -2.20. The summed E-state index contributed by atoms with van der Waals surface area (Å²) in [6.45, 7) is 3.41. The van der Waals surface area contributed by atoms with Crippen LogP contribution in [-0.4, -0.2) is 37.5 Å². The fourth-order valence-corrected chi connectivity index (χ4v) is 2.92. The van der Waals surface area contributed by atoms with Gasteiger partial charge in [0.25, 0.3) is 0 Å². The number of nitrogens with one attached hydrogen (secondary N) is 1. The Morgan fingerprint density at radius 1 is 1.53 bits per heavy atom. The third kappa shape index (κ3) is 3.84. The van der Waals surface area contributed by atoms with Gasteiger partial charge in [-0.25, -0.2) is 0 Å². The van der Waals surface area contributed by atoms with E-state index in [0.717, 1.165) is 13.1 Å². The summed E-state index contributed by atoms with van der Waals surface area (Å²) in [5.74, 6) is 0.757. The zero-order valence-corrected chi connectivity index (χ0v) is 10.9. The van der Waals surface area contributed by atoms with Crippen molar-refractivity contribution in [2.45, 2.75) is 38.5 Å². The van der Waals surface area contributed by atoms with Crippen LogP contribution in [0.4, 0.5) is 0 Å². The van der Waals surface area contributed by atoms with Gasteiger partial charge >= 0.3 is 0 Å². The molecule has 1 heterocycles. The number of carbonyl (C=O) groups excluding carboxylic acids is 1. The molecule has 1 atom stereocenters. The number of carbonyl (C=O) groups is 1. The van der Waals surface area contributed by atoms with Crippen LogP contribution < -0.4 is 5.32 Å². The number of nitrogens with zero attached hydrogens (tertiary/aromatic N) is 1. The zero-order valence-electron chi connectivity index (χ0n) is 10.9. The standard InChI is InChI=1S/C14H24N2O/c1-15-14(17)9-13-7-8-16(11-13)10-12-5-3-2-4-6-12/h5,13H,2-4,6-11H2,1H3,(H,15,17)/t13-/m0/s1. The van der Waals surface area contributed by atoms with E-state index in [9.17, 15) is 4.79 Å². The van der Waals surface area contributed by atoms with E-state index in [4.69, 9.17) is 0 Å². The van der Waals surface area contributed by atoms with E-state index < -0.39 is 0 Å². The molecule has 0 unspecified atom stereocenters. The number of hydrogen-bond donors (Lipinski definition) is 1. The fraction of sp³-hybridized carbons (Fsp3) is 0.786. The Morgan fingerprint density at radius 2 is 2.41 bits per heavy atom. The average molecular weight is 236 g/mol. The minimum absolute atomic E-state index is 0.189. The van der Waals surface area contributed by atoms with Gasteiger partial charge in [-0.05, 0) is 44.6 Å². The van der Waals surface area contributed by atoms with Crippen LogP contribution >= 0.6 is 0 Å². The lowest BCUT2D eigenvalue weighted by molar-refractivity contribution is -0.121. The monoisotopic (exact) mass is 236 g/mol. The lowest BCUT2D eigenvalue weighted by atomic mass is 9.99. The van der Waals surface area contributed by atoms with E-state index in [2.05, 4.69) is 16.3 Å². The fourth-order valence-electron chi connectivity index (χ4n) is 2.92.